The van der Waals surface area contributed by atoms with Gasteiger partial charge in [0, 0.05) is 5.39 Å². The normalized spacial score (nSPS) is 11.3. The molecule has 0 atom stereocenters. The molecule has 2 aromatic heterocycles. The number of aryl methyl sites for hydroxylation is 2. The Labute approximate surface area is 149 Å². The molecule has 4 N–H and O–H groups in total. The Morgan fingerprint density at radius 1 is 1.33 bits per heavy atom. The number of aromatic carboxylic acids is 1. The van der Waals surface area contributed by atoms with Gasteiger partial charge in [-0.3, -0.25) is 0 Å². The standard InChI is InChI=1S/C18H19ClN2O2S/c1-10-7-9-24-17(10)15-11(4-2-3-8-20)14-12(18(22)23)5-6-13(19)16(14)21-15/h5-7,9,21H,2-4,8,20H2,1H3,(H,22,23). The van der Waals surface area contributed by atoms with Crippen molar-refractivity contribution < 1.29 is 9.90 Å². The SMILES string of the molecule is Cc1ccsc1-c1[nH]c2c(Cl)ccc(C(=O)O)c2c1CCCCN. The van der Waals surface area contributed by atoms with Crippen molar-refractivity contribution in [3.8, 4) is 10.6 Å². The lowest BCUT2D eigenvalue weighted by Crippen LogP contribution is -2.01. The molecular weight excluding hydrogens is 344 g/mol. The van der Waals surface area contributed by atoms with Gasteiger partial charge in [0.25, 0.3) is 0 Å². The van der Waals surface area contributed by atoms with Crippen molar-refractivity contribution in [2.24, 2.45) is 5.73 Å². The van der Waals surface area contributed by atoms with E-state index in [9.17, 15) is 9.90 Å². The first kappa shape index (κ1) is 17.0. The zero-order valence-corrected chi connectivity index (χ0v) is 14.9. The summed E-state index contributed by atoms with van der Waals surface area (Å²) in [5, 5.41) is 12.9. The third-order valence-electron chi connectivity index (χ3n) is 4.21. The van der Waals surface area contributed by atoms with Crippen molar-refractivity contribution in [2.45, 2.75) is 26.2 Å². The van der Waals surface area contributed by atoms with Gasteiger partial charge < -0.3 is 15.8 Å². The fourth-order valence-corrected chi connectivity index (χ4v) is 4.19. The Balaban J connectivity index is 2.29. The van der Waals surface area contributed by atoms with Gasteiger partial charge in [0.2, 0.25) is 0 Å². The molecule has 24 heavy (non-hydrogen) atoms. The average Bonchev–Trinajstić information content (AvgIpc) is 3.12. The highest BCUT2D eigenvalue weighted by molar-refractivity contribution is 7.13. The summed E-state index contributed by atoms with van der Waals surface area (Å²) in [6.45, 7) is 2.68. The molecular formula is C18H19ClN2O2S. The summed E-state index contributed by atoms with van der Waals surface area (Å²) < 4.78 is 0. The molecule has 0 aliphatic rings. The van der Waals surface area contributed by atoms with E-state index in [1.54, 1.807) is 23.5 Å². The maximum Gasteiger partial charge on any atom is 0.336 e. The molecule has 2 heterocycles. The molecule has 6 heteroatoms. The van der Waals surface area contributed by atoms with Crippen molar-refractivity contribution in [3.63, 3.8) is 0 Å². The number of hydrogen-bond acceptors (Lipinski definition) is 3. The smallest absolute Gasteiger partial charge is 0.336 e. The molecule has 0 bridgehead atoms. The molecule has 0 saturated heterocycles. The summed E-state index contributed by atoms with van der Waals surface area (Å²) in [5.74, 6) is -0.940. The van der Waals surface area contributed by atoms with Crippen molar-refractivity contribution in [3.05, 3.63) is 45.3 Å². The lowest BCUT2D eigenvalue weighted by molar-refractivity contribution is 0.0699. The fraction of sp³-hybridized carbons (Fsp3) is 0.278. The summed E-state index contributed by atoms with van der Waals surface area (Å²) in [6, 6.07) is 5.28. The van der Waals surface area contributed by atoms with Crippen LogP contribution in [0.25, 0.3) is 21.5 Å². The summed E-state index contributed by atoms with van der Waals surface area (Å²) in [6.07, 6.45) is 2.58. The molecule has 0 fully saturated rings. The maximum absolute atomic E-state index is 11.7. The van der Waals surface area contributed by atoms with E-state index in [4.69, 9.17) is 17.3 Å². The number of carboxylic acids is 1. The Morgan fingerprint density at radius 2 is 2.12 bits per heavy atom. The van der Waals surface area contributed by atoms with Crippen LogP contribution in [0.2, 0.25) is 5.02 Å². The monoisotopic (exact) mass is 362 g/mol. The van der Waals surface area contributed by atoms with Crippen LogP contribution in [0.3, 0.4) is 0 Å². The van der Waals surface area contributed by atoms with Crippen LogP contribution in [-0.4, -0.2) is 22.6 Å². The van der Waals surface area contributed by atoms with Crippen molar-refractivity contribution >= 4 is 39.8 Å². The predicted octanol–water partition coefficient (Wildman–Crippen LogP) is 4.84. The minimum atomic E-state index is -0.940. The summed E-state index contributed by atoms with van der Waals surface area (Å²) in [4.78, 5) is 16.2. The van der Waals surface area contributed by atoms with Gasteiger partial charge in [-0.1, -0.05) is 11.6 Å². The number of thiophene rings is 1. The van der Waals surface area contributed by atoms with Gasteiger partial charge in [0.15, 0.2) is 0 Å². The molecule has 3 aromatic rings. The number of H-pyrrole nitrogens is 1. The lowest BCUT2D eigenvalue weighted by atomic mass is 9.99. The molecule has 0 spiro atoms. The first-order valence-electron chi connectivity index (χ1n) is 7.85. The molecule has 0 saturated carbocycles. The van der Waals surface area contributed by atoms with Gasteiger partial charge in [-0.25, -0.2) is 4.79 Å². The van der Waals surface area contributed by atoms with Gasteiger partial charge in [-0.2, -0.15) is 0 Å². The van der Waals surface area contributed by atoms with E-state index >= 15 is 0 Å². The highest BCUT2D eigenvalue weighted by Gasteiger charge is 2.21. The van der Waals surface area contributed by atoms with Crippen LogP contribution < -0.4 is 5.73 Å². The largest absolute Gasteiger partial charge is 0.478 e. The zero-order valence-electron chi connectivity index (χ0n) is 13.4. The molecule has 126 valence electrons. The van der Waals surface area contributed by atoms with Gasteiger partial charge >= 0.3 is 5.97 Å². The zero-order chi connectivity index (χ0) is 17.3. The summed E-state index contributed by atoms with van der Waals surface area (Å²) in [5.41, 5.74) is 9.76. The quantitative estimate of drug-likeness (QED) is 0.549. The molecule has 1 aromatic carbocycles. The third-order valence-corrected chi connectivity index (χ3v) is 5.56. The first-order chi connectivity index (χ1) is 11.5. The highest BCUT2D eigenvalue weighted by atomic mass is 35.5. The summed E-state index contributed by atoms with van der Waals surface area (Å²) >= 11 is 7.99. The highest BCUT2D eigenvalue weighted by Crippen LogP contribution is 2.39. The Morgan fingerprint density at radius 3 is 2.75 bits per heavy atom. The summed E-state index contributed by atoms with van der Waals surface area (Å²) in [7, 11) is 0. The van der Waals surface area contributed by atoms with Gasteiger partial charge in [-0.15, -0.1) is 11.3 Å². The van der Waals surface area contributed by atoms with Crippen LogP contribution in [0.4, 0.5) is 0 Å². The van der Waals surface area contributed by atoms with E-state index in [0.717, 1.165) is 40.8 Å². The molecule has 0 aliphatic heterocycles. The predicted molar refractivity (Wildman–Crippen MR) is 100 cm³/mol. The van der Waals surface area contributed by atoms with Crippen molar-refractivity contribution in [2.75, 3.05) is 6.54 Å². The number of hydrogen-bond donors (Lipinski definition) is 3. The van der Waals surface area contributed by atoms with Gasteiger partial charge in [-0.05, 0) is 67.4 Å². The number of fused-ring (bicyclic) bond motifs is 1. The topological polar surface area (TPSA) is 79.1 Å². The number of rotatable bonds is 6. The number of aromatic amines is 1. The Bertz CT molecular complexity index is 898. The maximum atomic E-state index is 11.7. The number of nitrogens with two attached hydrogens (primary N) is 1. The lowest BCUT2D eigenvalue weighted by Gasteiger charge is -2.06. The van der Waals surface area contributed by atoms with E-state index in [1.165, 1.54) is 5.56 Å². The van der Waals surface area contributed by atoms with Gasteiger partial charge in [0.1, 0.15) is 0 Å². The van der Waals surface area contributed by atoms with Crippen LogP contribution in [0.5, 0.6) is 0 Å². The molecule has 0 aliphatic carbocycles. The van der Waals surface area contributed by atoms with E-state index < -0.39 is 5.97 Å². The van der Waals surface area contributed by atoms with Crippen molar-refractivity contribution in [1.82, 2.24) is 4.98 Å². The van der Waals surface area contributed by atoms with Crippen LogP contribution in [0.1, 0.15) is 34.3 Å². The van der Waals surface area contributed by atoms with Crippen LogP contribution in [0.15, 0.2) is 23.6 Å². The fourth-order valence-electron chi connectivity index (χ4n) is 3.04. The molecule has 0 amide bonds. The number of aromatic nitrogens is 1. The third kappa shape index (κ3) is 2.95. The average molecular weight is 363 g/mol. The minimum Gasteiger partial charge on any atom is -0.478 e. The van der Waals surface area contributed by atoms with E-state index in [2.05, 4.69) is 18.0 Å². The Kier molecular flexibility index (Phi) is 4.94. The molecule has 0 radical (unpaired) electrons. The molecule has 3 rings (SSSR count). The van der Waals surface area contributed by atoms with Gasteiger partial charge in [0.05, 0.1) is 26.7 Å². The van der Waals surface area contributed by atoms with Crippen LogP contribution >= 0.6 is 22.9 Å². The molecule has 0 unspecified atom stereocenters. The Hall–Kier alpha value is -1.82. The van der Waals surface area contributed by atoms with Crippen molar-refractivity contribution in [1.29, 1.82) is 0 Å². The van der Waals surface area contributed by atoms with E-state index in [-0.39, 0.29) is 5.56 Å². The number of halogens is 1. The second-order valence-electron chi connectivity index (χ2n) is 5.81. The number of unbranched alkanes of at least 4 members (excludes halogenated alkanes) is 1. The van der Waals surface area contributed by atoms with Crippen LogP contribution in [-0.2, 0) is 6.42 Å². The van der Waals surface area contributed by atoms with Crippen LogP contribution in [0, 0.1) is 6.92 Å². The van der Waals surface area contributed by atoms with E-state index in [1.807, 2.05) is 5.38 Å². The second-order valence-corrected chi connectivity index (χ2v) is 7.13. The minimum absolute atomic E-state index is 0.286. The first-order valence-corrected chi connectivity index (χ1v) is 9.11. The second kappa shape index (κ2) is 6.97. The number of carboxylic acid groups (broad SMARTS) is 1. The number of nitrogens with one attached hydrogen (secondary N) is 1. The number of carbonyl (C=O) groups is 1. The van der Waals surface area contributed by atoms with E-state index in [0.29, 0.717) is 17.1 Å². The molecule has 4 nitrogen and oxygen atoms in total. The number of benzene rings is 1.